The second-order valence-electron chi connectivity index (χ2n) is 5.83. The van der Waals surface area contributed by atoms with E-state index in [4.69, 9.17) is 0 Å². The predicted molar refractivity (Wildman–Crippen MR) is 91.4 cm³/mol. The van der Waals surface area contributed by atoms with E-state index in [1.54, 1.807) is 0 Å². The Morgan fingerprint density at radius 3 is 2.30 bits per heavy atom. The Hall–Kier alpha value is -1.08. The van der Waals surface area contributed by atoms with Gasteiger partial charge in [0.2, 0.25) is 0 Å². The summed E-state index contributed by atoms with van der Waals surface area (Å²) in [4.78, 5) is 0.442. The molecule has 1 atom stereocenters. The molecule has 20 heavy (non-hydrogen) atoms. The van der Waals surface area contributed by atoms with Gasteiger partial charge < -0.3 is 0 Å². The molecule has 0 radical (unpaired) electrons. The molecule has 0 aliphatic carbocycles. The van der Waals surface area contributed by atoms with Crippen molar-refractivity contribution in [1.82, 2.24) is 0 Å². The van der Waals surface area contributed by atoms with E-state index in [0.29, 0.717) is 4.83 Å². The third-order valence-electron chi connectivity index (χ3n) is 3.48. The third-order valence-corrected chi connectivity index (χ3v) is 4.47. The van der Waals surface area contributed by atoms with Crippen LogP contribution in [-0.2, 0) is 12.8 Å². The average molecular weight is 331 g/mol. The fraction of sp³-hybridized carbons (Fsp3) is 0.368. The van der Waals surface area contributed by atoms with Crippen molar-refractivity contribution in [3.8, 4) is 0 Å². The molecule has 0 fully saturated rings. The smallest absolute Gasteiger partial charge is 0.0398 e. The van der Waals surface area contributed by atoms with Crippen molar-refractivity contribution in [2.45, 2.75) is 37.9 Å². The van der Waals surface area contributed by atoms with E-state index >= 15 is 0 Å². The molecule has 0 saturated heterocycles. The monoisotopic (exact) mass is 330 g/mol. The minimum atomic E-state index is 0.442. The Balaban J connectivity index is 1.94. The van der Waals surface area contributed by atoms with Crippen molar-refractivity contribution in [3.63, 3.8) is 0 Å². The van der Waals surface area contributed by atoms with Gasteiger partial charge >= 0.3 is 0 Å². The van der Waals surface area contributed by atoms with E-state index in [1.165, 1.54) is 23.1 Å². The Bertz CT molecular complexity index is 516. The maximum atomic E-state index is 3.80. The van der Waals surface area contributed by atoms with Crippen LogP contribution in [0.2, 0.25) is 0 Å². The lowest BCUT2D eigenvalue weighted by atomic mass is 9.98. The number of aryl methyl sites for hydroxylation is 1. The quantitative estimate of drug-likeness (QED) is 0.573. The van der Waals surface area contributed by atoms with Gasteiger partial charge in [-0.1, -0.05) is 84.4 Å². The number of rotatable bonds is 6. The second kappa shape index (κ2) is 7.64. The maximum Gasteiger partial charge on any atom is 0.0398 e. The lowest BCUT2D eigenvalue weighted by Crippen LogP contribution is -1.97. The largest absolute Gasteiger partial charge is 0.0839 e. The minimum absolute atomic E-state index is 0.442. The van der Waals surface area contributed by atoms with Crippen LogP contribution >= 0.6 is 15.9 Å². The van der Waals surface area contributed by atoms with E-state index in [2.05, 4.69) is 84.4 Å². The van der Waals surface area contributed by atoms with Crippen molar-refractivity contribution in [1.29, 1.82) is 0 Å². The van der Waals surface area contributed by atoms with E-state index in [1.807, 2.05) is 0 Å². The fourth-order valence-corrected chi connectivity index (χ4v) is 3.04. The van der Waals surface area contributed by atoms with Crippen molar-refractivity contribution < 1.29 is 0 Å². The highest BCUT2D eigenvalue weighted by Crippen LogP contribution is 2.27. The van der Waals surface area contributed by atoms with Crippen LogP contribution in [0, 0.1) is 5.92 Å². The molecular formula is C19H23Br. The Labute approximate surface area is 131 Å². The molecule has 1 heteroatoms. The van der Waals surface area contributed by atoms with Gasteiger partial charge in [-0.05, 0) is 41.9 Å². The first-order chi connectivity index (χ1) is 9.65. The molecule has 0 saturated carbocycles. The van der Waals surface area contributed by atoms with Crippen LogP contribution < -0.4 is 0 Å². The van der Waals surface area contributed by atoms with E-state index in [0.717, 1.165) is 18.8 Å². The number of halogens is 1. The summed E-state index contributed by atoms with van der Waals surface area (Å²) in [5.74, 6) is 0.721. The average Bonchev–Trinajstić information content (AvgIpc) is 2.45. The molecule has 106 valence electrons. The fourth-order valence-electron chi connectivity index (χ4n) is 2.51. The maximum absolute atomic E-state index is 3.80. The van der Waals surface area contributed by atoms with Crippen LogP contribution in [0.1, 0.15) is 41.8 Å². The third kappa shape index (κ3) is 4.79. The number of benzene rings is 2. The van der Waals surface area contributed by atoms with Gasteiger partial charge in [-0.3, -0.25) is 0 Å². The van der Waals surface area contributed by atoms with Gasteiger partial charge in [-0.25, -0.2) is 0 Å². The van der Waals surface area contributed by atoms with Crippen LogP contribution in [0.15, 0.2) is 54.6 Å². The molecule has 1 unspecified atom stereocenters. The summed E-state index contributed by atoms with van der Waals surface area (Å²) in [6.45, 7) is 4.55. The lowest BCUT2D eigenvalue weighted by molar-refractivity contribution is 0.646. The summed E-state index contributed by atoms with van der Waals surface area (Å²) in [7, 11) is 0. The number of hydrogen-bond acceptors (Lipinski definition) is 0. The second-order valence-corrected chi connectivity index (χ2v) is 6.94. The Kier molecular flexibility index (Phi) is 5.85. The summed E-state index contributed by atoms with van der Waals surface area (Å²) in [5, 5.41) is 0. The molecule has 0 aliphatic rings. The molecule has 0 aliphatic heterocycles. The van der Waals surface area contributed by atoms with Gasteiger partial charge in [0.15, 0.2) is 0 Å². The molecule has 0 bridgehead atoms. The summed E-state index contributed by atoms with van der Waals surface area (Å²) in [6.07, 6.45) is 3.43. The zero-order valence-corrected chi connectivity index (χ0v) is 13.9. The van der Waals surface area contributed by atoms with Crippen molar-refractivity contribution in [2.24, 2.45) is 5.92 Å². The zero-order chi connectivity index (χ0) is 14.4. The highest BCUT2D eigenvalue weighted by molar-refractivity contribution is 9.09. The summed E-state index contributed by atoms with van der Waals surface area (Å²) < 4.78 is 0. The normalized spacial score (nSPS) is 12.6. The van der Waals surface area contributed by atoms with Crippen LogP contribution in [0.25, 0.3) is 0 Å². The number of alkyl halides is 1. The van der Waals surface area contributed by atoms with Crippen molar-refractivity contribution >= 4 is 15.9 Å². The molecular weight excluding hydrogens is 308 g/mol. The molecule has 0 aromatic heterocycles. The van der Waals surface area contributed by atoms with Crippen LogP contribution in [0.3, 0.4) is 0 Å². The summed E-state index contributed by atoms with van der Waals surface area (Å²) >= 11 is 3.80. The Morgan fingerprint density at radius 2 is 1.60 bits per heavy atom. The molecule has 0 N–H and O–H groups in total. The molecule has 0 heterocycles. The SMILES string of the molecule is CC(C)Cc1cccc(CCC(Br)c2ccccc2)c1. The first-order valence-corrected chi connectivity index (χ1v) is 8.33. The molecule has 2 aromatic carbocycles. The summed E-state index contributed by atoms with van der Waals surface area (Å²) in [5.41, 5.74) is 4.28. The minimum Gasteiger partial charge on any atom is -0.0839 e. The van der Waals surface area contributed by atoms with Crippen LogP contribution in [-0.4, -0.2) is 0 Å². The lowest BCUT2D eigenvalue weighted by Gasteiger charge is -2.11. The van der Waals surface area contributed by atoms with Crippen molar-refractivity contribution in [3.05, 3.63) is 71.3 Å². The Morgan fingerprint density at radius 1 is 0.900 bits per heavy atom. The molecule has 2 aromatic rings. The standard InChI is InChI=1S/C19H23Br/c1-15(2)13-17-8-6-7-16(14-17)11-12-19(20)18-9-4-3-5-10-18/h3-10,14-15,19H,11-13H2,1-2H3. The first kappa shape index (κ1) is 15.3. The van der Waals surface area contributed by atoms with Gasteiger partial charge in [0.05, 0.1) is 0 Å². The van der Waals surface area contributed by atoms with Gasteiger partial charge in [-0.15, -0.1) is 0 Å². The van der Waals surface area contributed by atoms with Gasteiger partial charge in [0.1, 0.15) is 0 Å². The molecule has 0 amide bonds. The highest BCUT2D eigenvalue weighted by Gasteiger charge is 2.07. The molecule has 2 rings (SSSR count). The summed E-state index contributed by atoms with van der Waals surface area (Å²) in [6, 6.07) is 19.7. The van der Waals surface area contributed by atoms with Crippen LogP contribution in [0.4, 0.5) is 0 Å². The van der Waals surface area contributed by atoms with E-state index in [-0.39, 0.29) is 0 Å². The topological polar surface area (TPSA) is 0 Å². The van der Waals surface area contributed by atoms with Gasteiger partial charge in [0.25, 0.3) is 0 Å². The van der Waals surface area contributed by atoms with E-state index < -0.39 is 0 Å². The highest BCUT2D eigenvalue weighted by atomic mass is 79.9. The first-order valence-electron chi connectivity index (χ1n) is 7.42. The van der Waals surface area contributed by atoms with Crippen LogP contribution in [0.5, 0.6) is 0 Å². The molecule has 0 spiro atoms. The van der Waals surface area contributed by atoms with Crippen molar-refractivity contribution in [2.75, 3.05) is 0 Å². The molecule has 0 nitrogen and oxygen atoms in total. The van der Waals surface area contributed by atoms with E-state index in [9.17, 15) is 0 Å². The number of hydrogen-bond donors (Lipinski definition) is 0. The predicted octanol–water partition coefficient (Wildman–Crippen LogP) is 5.95. The zero-order valence-electron chi connectivity index (χ0n) is 12.4. The van der Waals surface area contributed by atoms with Gasteiger partial charge in [0, 0.05) is 4.83 Å². The van der Waals surface area contributed by atoms with Gasteiger partial charge in [-0.2, -0.15) is 0 Å².